The molecule has 5 nitrogen and oxygen atoms in total. The van der Waals surface area contributed by atoms with E-state index in [2.05, 4.69) is 23.6 Å². The zero-order chi connectivity index (χ0) is 15.3. The van der Waals surface area contributed by atoms with Crippen LogP contribution >= 0.6 is 0 Å². The van der Waals surface area contributed by atoms with E-state index in [1.807, 2.05) is 17.0 Å². The van der Waals surface area contributed by atoms with E-state index in [1.54, 1.807) is 12.1 Å². The predicted octanol–water partition coefficient (Wildman–Crippen LogP) is 2.25. The lowest BCUT2D eigenvalue weighted by Crippen LogP contribution is -2.29. The third kappa shape index (κ3) is 4.28. The molecule has 0 fully saturated rings. The van der Waals surface area contributed by atoms with Gasteiger partial charge in [-0.1, -0.05) is 26.0 Å². The molecule has 0 unspecified atom stereocenters. The minimum absolute atomic E-state index is 0.297. The lowest BCUT2D eigenvalue weighted by molar-refractivity contribution is 0.537. The van der Waals surface area contributed by atoms with Crippen LogP contribution in [0.15, 0.2) is 33.6 Å². The first kappa shape index (κ1) is 16.0. The van der Waals surface area contributed by atoms with Crippen molar-refractivity contribution in [2.45, 2.75) is 31.6 Å². The average molecular weight is 309 g/mol. The highest BCUT2D eigenvalue weighted by molar-refractivity contribution is 7.90. The molecule has 116 valence electrons. The molecular formula is C15H23N3O2S. The van der Waals surface area contributed by atoms with Gasteiger partial charge in [-0.3, -0.25) is 0 Å². The number of hydrogen-bond acceptors (Lipinski definition) is 4. The van der Waals surface area contributed by atoms with Crippen molar-refractivity contribution in [1.29, 1.82) is 0 Å². The molecule has 0 spiro atoms. The van der Waals surface area contributed by atoms with Crippen molar-refractivity contribution >= 4 is 22.0 Å². The summed E-state index contributed by atoms with van der Waals surface area (Å²) in [5.74, 6) is 0.663. The monoisotopic (exact) mass is 309 g/mol. The van der Waals surface area contributed by atoms with Crippen LogP contribution in [0, 0.1) is 5.92 Å². The van der Waals surface area contributed by atoms with Crippen molar-refractivity contribution in [3.05, 3.63) is 24.3 Å². The van der Waals surface area contributed by atoms with Gasteiger partial charge >= 0.3 is 0 Å². The number of sulfonamides is 1. The van der Waals surface area contributed by atoms with Crippen molar-refractivity contribution in [2.24, 2.45) is 10.3 Å². The number of anilines is 1. The Balaban J connectivity index is 1.88. The second kappa shape index (κ2) is 7.04. The zero-order valence-corrected chi connectivity index (χ0v) is 13.4. The van der Waals surface area contributed by atoms with Crippen molar-refractivity contribution in [2.75, 3.05) is 24.5 Å². The molecule has 1 aliphatic rings. The summed E-state index contributed by atoms with van der Waals surface area (Å²) in [5.41, 5.74) is 0.725. The second-order valence-electron chi connectivity index (χ2n) is 5.66. The van der Waals surface area contributed by atoms with Gasteiger partial charge in [-0.25, -0.2) is 0 Å². The molecule has 21 heavy (non-hydrogen) atoms. The second-order valence-corrected chi connectivity index (χ2v) is 7.26. The van der Waals surface area contributed by atoms with E-state index in [0.717, 1.165) is 38.2 Å². The fourth-order valence-electron chi connectivity index (χ4n) is 2.25. The molecule has 0 amide bonds. The molecule has 1 heterocycles. The lowest BCUT2D eigenvalue weighted by Gasteiger charge is -2.24. The fraction of sp³-hybridized carbons (Fsp3) is 0.533. The van der Waals surface area contributed by atoms with Gasteiger partial charge in [0.15, 0.2) is 0 Å². The first-order valence-corrected chi connectivity index (χ1v) is 8.81. The Morgan fingerprint density at radius 1 is 1.24 bits per heavy atom. The van der Waals surface area contributed by atoms with E-state index >= 15 is 0 Å². The molecule has 1 aromatic rings. The normalized spacial score (nSPS) is 16.2. The third-order valence-electron chi connectivity index (χ3n) is 3.33. The maximum Gasteiger partial charge on any atom is 0.285 e. The summed E-state index contributed by atoms with van der Waals surface area (Å²) in [6, 6.07) is 7.02. The van der Waals surface area contributed by atoms with Crippen LogP contribution in [0.3, 0.4) is 0 Å². The number of rotatable bonds is 7. The molecule has 6 heteroatoms. The van der Waals surface area contributed by atoms with Crippen molar-refractivity contribution in [3.8, 4) is 0 Å². The van der Waals surface area contributed by atoms with E-state index in [4.69, 9.17) is 0 Å². The van der Waals surface area contributed by atoms with Crippen LogP contribution in [0.1, 0.15) is 26.7 Å². The standard InChI is InChI=1S/C15H23N3O2S/c1-13(2)11-16-9-5-6-10-18-12-17-21(19,20)15-8-4-3-7-14(15)18/h3-4,7-8,12-13,16H,5-6,9-11H2,1-2H3. The van der Waals surface area contributed by atoms with Gasteiger partial charge in [-0.15, -0.1) is 4.40 Å². The molecule has 0 aliphatic carbocycles. The topological polar surface area (TPSA) is 61.8 Å². The summed E-state index contributed by atoms with van der Waals surface area (Å²) in [5, 5.41) is 3.41. The van der Waals surface area contributed by atoms with Crippen LogP contribution in [0.4, 0.5) is 5.69 Å². The van der Waals surface area contributed by atoms with Crippen LogP contribution in [0.25, 0.3) is 0 Å². The van der Waals surface area contributed by atoms with Crippen LogP contribution in [-0.4, -0.2) is 34.4 Å². The zero-order valence-electron chi connectivity index (χ0n) is 12.6. The SMILES string of the molecule is CC(C)CNCCCCN1C=NS(=O)(=O)c2ccccc21. The first-order chi connectivity index (χ1) is 10.0. The summed E-state index contributed by atoms with van der Waals surface area (Å²) in [6.45, 7) is 7.18. The Morgan fingerprint density at radius 3 is 2.76 bits per heavy atom. The van der Waals surface area contributed by atoms with Gasteiger partial charge < -0.3 is 10.2 Å². The number of para-hydroxylation sites is 1. The Bertz CT molecular complexity index is 597. The highest BCUT2D eigenvalue weighted by Gasteiger charge is 2.24. The van der Waals surface area contributed by atoms with Crippen molar-refractivity contribution < 1.29 is 8.42 Å². The lowest BCUT2D eigenvalue weighted by atomic mass is 10.2. The predicted molar refractivity (Wildman–Crippen MR) is 86.4 cm³/mol. The van der Waals surface area contributed by atoms with Gasteiger partial charge in [0, 0.05) is 6.54 Å². The molecular weight excluding hydrogens is 286 g/mol. The average Bonchev–Trinajstić information content (AvgIpc) is 2.45. The summed E-state index contributed by atoms with van der Waals surface area (Å²) < 4.78 is 27.4. The largest absolute Gasteiger partial charge is 0.331 e. The Labute approximate surface area is 127 Å². The number of unbranched alkanes of at least 4 members (excludes halogenated alkanes) is 1. The maximum atomic E-state index is 11.9. The van der Waals surface area contributed by atoms with E-state index < -0.39 is 10.0 Å². The maximum absolute atomic E-state index is 11.9. The van der Waals surface area contributed by atoms with E-state index in [1.165, 1.54) is 6.34 Å². The van der Waals surface area contributed by atoms with Crippen molar-refractivity contribution in [1.82, 2.24) is 5.32 Å². The molecule has 0 bridgehead atoms. The molecule has 0 radical (unpaired) electrons. The van der Waals surface area contributed by atoms with Gasteiger partial charge in [0.05, 0.1) is 5.69 Å². The minimum Gasteiger partial charge on any atom is -0.331 e. The van der Waals surface area contributed by atoms with E-state index in [-0.39, 0.29) is 0 Å². The molecule has 0 saturated heterocycles. The van der Waals surface area contributed by atoms with Gasteiger partial charge in [0.2, 0.25) is 0 Å². The molecule has 0 saturated carbocycles. The number of fused-ring (bicyclic) bond motifs is 1. The quantitative estimate of drug-likeness (QED) is 0.785. The molecule has 1 aliphatic heterocycles. The number of hydrogen-bond donors (Lipinski definition) is 1. The van der Waals surface area contributed by atoms with E-state index in [9.17, 15) is 8.42 Å². The van der Waals surface area contributed by atoms with Gasteiger partial charge in [-0.05, 0) is 44.0 Å². The van der Waals surface area contributed by atoms with Crippen LogP contribution in [0.5, 0.6) is 0 Å². The number of benzene rings is 1. The van der Waals surface area contributed by atoms with Crippen molar-refractivity contribution in [3.63, 3.8) is 0 Å². The van der Waals surface area contributed by atoms with Gasteiger partial charge in [0.1, 0.15) is 11.2 Å². The highest BCUT2D eigenvalue weighted by atomic mass is 32.2. The molecule has 0 aromatic heterocycles. The number of nitrogens with one attached hydrogen (secondary N) is 1. The molecule has 0 atom stereocenters. The number of nitrogens with zero attached hydrogens (tertiary/aromatic N) is 2. The van der Waals surface area contributed by atoms with Crippen LogP contribution in [0.2, 0.25) is 0 Å². The summed E-state index contributed by atoms with van der Waals surface area (Å²) in [6.07, 6.45) is 3.48. The van der Waals surface area contributed by atoms with E-state index in [0.29, 0.717) is 10.8 Å². The summed E-state index contributed by atoms with van der Waals surface area (Å²) >= 11 is 0. The van der Waals surface area contributed by atoms with Gasteiger partial charge in [0.25, 0.3) is 10.0 Å². The molecule has 1 aromatic carbocycles. The highest BCUT2D eigenvalue weighted by Crippen LogP contribution is 2.29. The smallest absolute Gasteiger partial charge is 0.285 e. The minimum atomic E-state index is -3.51. The third-order valence-corrected chi connectivity index (χ3v) is 4.61. The summed E-state index contributed by atoms with van der Waals surface area (Å²) in [4.78, 5) is 2.21. The Hall–Kier alpha value is -1.40. The van der Waals surface area contributed by atoms with Crippen LogP contribution < -0.4 is 10.2 Å². The van der Waals surface area contributed by atoms with Crippen LogP contribution in [-0.2, 0) is 10.0 Å². The van der Waals surface area contributed by atoms with Gasteiger partial charge in [-0.2, -0.15) is 8.42 Å². The Kier molecular flexibility index (Phi) is 5.36. The molecule has 2 rings (SSSR count). The first-order valence-electron chi connectivity index (χ1n) is 7.37. The fourth-order valence-corrected chi connectivity index (χ4v) is 3.30. The summed E-state index contributed by atoms with van der Waals surface area (Å²) in [7, 11) is -3.51. The molecule has 1 N–H and O–H groups in total. The Morgan fingerprint density at radius 2 is 2.00 bits per heavy atom.